The summed E-state index contributed by atoms with van der Waals surface area (Å²) in [5.41, 5.74) is 10.1. The van der Waals surface area contributed by atoms with Crippen LogP contribution in [0.1, 0.15) is 24.0 Å². The van der Waals surface area contributed by atoms with E-state index in [1.165, 1.54) is 0 Å². The smallest absolute Gasteiger partial charge is 0.248 e. The Balaban J connectivity index is 1.64. The Bertz CT molecular complexity index is 1020. The molecule has 3 aromatic rings. The molecule has 27 heavy (non-hydrogen) atoms. The van der Waals surface area contributed by atoms with E-state index in [-0.39, 0.29) is 18.8 Å². The van der Waals surface area contributed by atoms with Crippen molar-refractivity contribution in [2.75, 3.05) is 12.8 Å². The van der Waals surface area contributed by atoms with Gasteiger partial charge < -0.3 is 5.73 Å². The molecule has 138 valence electrons. The third-order valence-electron chi connectivity index (χ3n) is 4.97. The number of nitrogen functional groups attached to an aromatic ring is 1. The minimum absolute atomic E-state index is 0.0165. The number of anilines is 1. The molecule has 0 unspecified atom stereocenters. The number of nitrogens with two attached hydrogens (primary N) is 1. The molecule has 0 atom stereocenters. The molecule has 2 aromatic heterocycles. The summed E-state index contributed by atoms with van der Waals surface area (Å²) in [5, 5.41) is 1.01. The second-order valence-electron chi connectivity index (χ2n) is 7.14. The van der Waals surface area contributed by atoms with Gasteiger partial charge in [0.25, 0.3) is 0 Å². The standard InChI is InChI=1S/C21H20F2N4/c1-25-11-17-8-16(12-26-20(17)24)18-5-4-15-3-2-13(7-19(15)27-18)6-14-9-21(22,23)10-14/h2-5,7-8,11-12,14H,6,9-10H2,1H3,(H2,24,26). The van der Waals surface area contributed by atoms with E-state index >= 15 is 0 Å². The summed E-state index contributed by atoms with van der Waals surface area (Å²) in [7, 11) is 1.68. The van der Waals surface area contributed by atoms with Gasteiger partial charge in [-0.2, -0.15) is 0 Å². The lowest BCUT2D eigenvalue weighted by Crippen LogP contribution is -2.36. The lowest BCUT2D eigenvalue weighted by molar-refractivity contribution is -0.109. The van der Waals surface area contributed by atoms with Crippen molar-refractivity contribution in [1.82, 2.24) is 9.97 Å². The number of alkyl halides is 2. The molecule has 0 saturated heterocycles. The quantitative estimate of drug-likeness (QED) is 0.691. The Kier molecular flexibility index (Phi) is 4.34. The van der Waals surface area contributed by atoms with Gasteiger partial charge >= 0.3 is 0 Å². The number of pyridine rings is 2. The highest BCUT2D eigenvalue weighted by Crippen LogP contribution is 2.44. The fourth-order valence-electron chi connectivity index (χ4n) is 3.59. The Hall–Kier alpha value is -2.89. The largest absolute Gasteiger partial charge is 0.383 e. The molecular formula is C21H20F2N4. The van der Waals surface area contributed by atoms with Crippen molar-refractivity contribution in [2.45, 2.75) is 25.2 Å². The van der Waals surface area contributed by atoms with E-state index < -0.39 is 5.92 Å². The highest BCUT2D eigenvalue weighted by atomic mass is 19.3. The van der Waals surface area contributed by atoms with E-state index in [4.69, 9.17) is 10.7 Å². The Morgan fingerprint density at radius 3 is 2.74 bits per heavy atom. The van der Waals surface area contributed by atoms with E-state index in [1.807, 2.05) is 36.4 Å². The summed E-state index contributed by atoms with van der Waals surface area (Å²) in [6.07, 6.45) is 3.99. The van der Waals surface area contributed by atoms with Gasteiger partial charge in [-0.05, 0) is 36.1 Å². The highest BCUT2D eigenvalue weighted by Gasteiger charge is 2.44. The number of benzene rings is 1. The molecule has 4 nitrogen and oxygen atoms in total. The Morgan fingerprint density at radius 1 is 1.22 bits per heavy atom. The number of rotatable bonds is 4. The molecule has 1 fully saturated rings. The zero-order valence-corrected chi connectivity index (χ0v) is 15.0. The lowest BCUT2D eigenvalue weighted by atomic mass is 9.77. The van der Waals surface area contributed by atoms with Crippen molar-refractivity contribution in [1.29, 1.82) is 0 Å². The van der Waals surface area contributed by atoms with E-state index in [2.05, 4.69) is 9.98 Å². The van der Waals surface area contributed by atoms with Crippen LogP contribution in [0.25, 0.3) is 22.2 Å². The van der Waals surface area contributed by atoms with Gasteiger partial charge in [0, 0.05) is 48.8 Å². The van der Waals surface area contributed by atoms with Crippen molar-refractivity contribution in [3.63, 3.8) is 0 Å². The summed E-state index contributed by atoms with van der Waals surface area (Å²) in [6.45, 7) is 0. The predicted octanol–water partition coefficient (Wildman–Crippen LogP) is 4.52. The van der Waals surface area contributed by atoms with Gasteiger partial charge in [0.2, 0.25) is 5.92 Å². The molecule has 0 aliphatic heterocycles. The molecule has 1 aliphatic rings. The zero-order valence-electron chi connectivity index (χ0n) is 15.0. The van der Waals surface area contributed by atoms with E-state index in [0.717, 1.165) is 33.3 Å². The van der Waals surface area contributed by atoms with Crippen LogP contribution in [-0.4, -0.2) is 29.2 Å². The van der Waals surface area contributed by atoms with E-state index in [9.17, 15) is 8.78 Å². The third kappa shape index (κ3) is 3.65. The van der Waals surface area contributed by atoms with Crippen molar-refractivity contribution >= 4 is 22.9 Å². The van der Waals surface area contributed by atoms with Crippen molar-refractivity contribution < 1.29 is 8.78 Å². The topological polar surface area (TPSA) is 64.2 Å². The summed E-state index contributed by atoms with van der Waals surface area (Å²) >= 11 is 0. The van der Waals surface area contributed by atoms with Crippen LogP contribution >= 0.6 is 0 Å². The first-order valence-corrected chi connectivity index (χ1v) is 8.89. The van der Waals surface area contributed by atoms with Crippen LogP contribution in [0.3, 0.4) is 0 Å². The number of aromatic nitrogens is 2. The van der Waals surface area contributed by atoms with Gasteiger partial charge in [0.15, 0.2) is 0 Å². The van der Waals surface area contributed by atoms with E-state index in [1.54, 1.807) is 19.5 Å². The number of nitrogens with zero attached hydrogens (tertiary/aromatic N) is 3. The first-order chi connectivity index (χ1) is 12.9. The summed E-state index contributed by atoms with van der Waals surface area (Å²) in [5.74, 6) is -2.00. The van der Waals surface area contributed by atoms with Gasteiger partial charge in [-0.15, -0.1) is 0 Å². The maximum absolute atomic E-state index is 13.1. The van der Waals surface area contributed by atoms with Gasteiger partial charge in [0.1, 0.15) is 5.82 Å². The molecule has 0 amide bonds. The van der Waals surface area contributed by atoms with Gasteiger partial charge in [-0.3, -0.25) is 4.99 Å². The molecule has 1 saturated carbocycles. The molecule has 6 heteroatoms. The average Bonchev–Trinajstić information content (AvgIpc) is 2.61. The third-order valence-corrected chi connectivity index (χ3v) is 4.97. The summed E-state index contributed by atoms with van der Waals surface area (Å²) in [4.78, 5) is 13.0. The van der Waals surface area contributed by atoms with Crippen molar-refractivity contribution in [3.05, 3.63) is 53.7 Å². The maximum Gasteiger partial charge on any atom is 0.248 e. The van der Waals surface area contributed by atoms with Gasteiger partial charge in [-0.1, -0.05) is 18.2 Å². The predicted molar refractivity (Wildman–Crippen MR) is 104 cm³/mol. The van der Waals surface area contributed by atoms with Gasteiger partial charge in [-0.25, -0.2) is 18.7 Å². The SMILES string of the molecule is CN=Cc1cc(-c2ccc3ccc(CC4CC(F)(F)C4)cc3n2)cnc1N. The van der Waals surface area contributed by atoms with E-state index in [0.29, 0.717) is 12.2 Å². The molecule has 4 rings (SSSR count). The number of halogens is 2. The molecule has 1 aromatic carbocycles. The lowest BCUT2D eigenvalue weighted by Gasteiger charge is -2.35. The number of hydrogen-bond donors (Lipinski definition) is 1. The molecule has 0 bridgehead atoms. The van der Waals surface area contributed by atoms with Crippen molar-refractivity contribution in [2.24, 2.45) is 10.9 Å². The number of fused-ring (bicyclic) bond motifs is 1. The van der Waals surface area contributed by atoms with Crippen LogP contribution in [0.5, 0.6) is 0 Å². The minimum Gasteiger partial charge on any atom is -0.383 e. The van der Waals surface area contributed by atoms with Gasteiger partial charge in [0.05, 0.1) is 11.2 Å². The Morgan fingerprint density at radius 2 is 2.00 bits per heavy atom. The summed E-state index contributed by atoms with van der Waals surface area (Å²) in [6, 6.07) is 11.8. The number of hydrogen-bond acceptors (Lipinski definition) is 4. The Labute approximate surface area is 156 Å². The second kappa shape index (κ2) is 6.68. The fraction of sp³-hybridized carbons (Fsp3) is 0.286. The maximum atomic E-state index is 13.1. The molecule has 2 N–H and O–H groups in total. The van der Waals surface area contributed by atoms with Crippen LogP contribution in [-0.2, 0) is 6.42 Å². The van der Waals surface area contributed by atoms with Crippen LogP contribution in [0.15, 0.2) is 47.6 Å². The molecular weight excluding hydrogens is 346 g/mol. The molecule has 2 heterocycles. The van der Waals surface area contributed by atoms with Crippen LogP contribution in [0, 0.1) is 5.92 Å². The first-order valence-electron chi connectivity index (χ1n) is 8.89. The van der Waals surface area contributed by atoms with Crippen LogP contribution in [0.2, 0.25) is 0 Å². The first kappa shape index (κ1) is 17.5. The second-order valence-corrected chi connectivity index (χ2v) is 7.14. The molecule has 1 aliphatic carbocycles. The fourth-order valence-corrected chi connectivity index (χ4v) is 3.59. The minimum atomic E-state index is -2.48. The average molecular weight is 366 g/mol. The van der Waals surface area contributed by atoms with Crippen LogP contribution in [0.4, 0.5) is 14.6 Å². The monoisotopic (exact) mass is 366 g/mol. The number of aliphatic imine (C=N–C) groups is 1. The zero-order chi connectivity index (χ0) is 19.0. The highest BCUT2D eigenvalue weighted by molar-refractivity contribution is 5.88. The molecule has 0 spiro atoms. The van der Waals surface area contributed by atoms with Crippen molar-refractivity contribution in [3.8, 4) is 11.3 Å². The summed E-state index contributed by atoms with van der Waals surface area (Å²) < 4.78 is 26.1. The normalized spacial score (nSPS) is 16.7. The molecule has 0 radical (unpaired) electrons. The van der Waals surface area contributed by atoms with Crippen LogP contribution < -0.4 is 5.73 Å².